The lowest BCUT2D eigenvalue weighted by Crippen LogP contribution is -2.55. The van der Waals surface area contributed by atoms with Crippen LogP contribution in [0.25, 0.3) is 0 Å². The number of fused-ring (bicyclic) bond motifs is 2. The molecule has 18 heavy (non-hydrogen) atoms. The number of aliphatic hydroxyl groups excluding tert-OH is 1. The van der Waals surface area contributed by atoms with Crippen molar-refractivity contribution in [3.05, 3.63) is 11.6 Å². The van der Waals surface area contributed by atoms with Crippen molar-refractivity contribution < 1.29 is 14.6 Å². The number of allylic oxidation sites excluding steroid dienone is 1. The summed E-state index contributed by atoms with van der Waals surface area (Å²) in [5.74, 6) is 0.741. The average molecular weight is 250 g/mol. The van der Waals surface area contributed by atoms with Crippen LogP contribution < -0.4 is 0 Å². The first-order chi connectivity index (χ1) is 8.37. The lowest BCUT2D eigenvalue weighted by atomic mass is 9.50. The number of epoxide rings is 1. The highest BCUT2D eigenvalue weighted by Gasteiger charge is 2.67. The Morgan fingerprint density at radius 3 is 2.61 bits per heavy atom. The van der Waals surface area contributed by atoms with E-state index in [-0.39, 0.29) is 5.78 Å². The molecule has 2 aliphatic carbocycles. The smallest absolute Gasteiger partial charge is 0.187 e. The summed E-state index contributed by atoms with van der Waals surface area (Å²) < 4.78 is 5.57. The molecular weight excluding hydrogens is 228 g/mol. The second-order valence-corrected chi connectivity index (χ2v) is 6.98. The van der Waals surface area contributed by atoms with Crippen molar-refractivity contribution in [1.82, 2.24) is 0 Å². The van der Waals surface area contributed by atoms with Gasteiger partial charge in [0.15, 0.2) is 5.78 Å². The van der Waals surface area contributed by atoms with Crippen molar-refractivity contribution in [3.63, 3.8) is 0 Å². The molecule has 3 heteroatoms. The van der Waals surface area contributed by atoms with Crippen molar-refractivity contribution in [1.29, 1.82) is 0 Å². The van der Waals surface area contributed by atoms with Crippen LogP contribution in [0.1, 0.15) is 40.0 Å². The van der Waals surface area contributed by atoms with Crippen LogP contribution >= 0.6 is 0 Å². The van der Waals surface area contributed by atoms with Crippen LogP contribution in [0, 0.1) is 17.3 Å². The van der Waals surface area contributed by atoms with Crippen LogP contribution in [-0.4, -0.2) is 29.2 Å². The van der Waals surface area contributed by atoms with Crippen LogP contribution in [0.5, 0.6) is 0 Å². The maximum atomic E-state index is 12.0. The van der Waals surface area contributed by atoms with Crippen molar-refractivity contribution >= 4 is 5.78 Å². The predicted molar refractivity (Wildman–Crippen MR) is 68.1 cm³/mol. The molecule has 0 amide bonds. The Balaban J connectivity index is 1.94. The van der Waals surface area contributed by atoms with Gasteiger partial charge in [-0.1, -0.05) is 19.4 Å². The van der Waals surface area contributed by atoms with E-state index in [1.807, 2.05) is 6.92 Å². The fourth-order valence-corrected chi connectivity index (χ4v) is 4.03. The molecule has 4 atom stereocenters. The standard InChI is InChI=1S/C15H22O3/c1-9-4-5-10-11(7-14(10,2)3)15(8-18-15)13(17)12(16)6-9/h6,10-11,13,17H,4-5,7-8H2,1-3H3/t10-,11+,13+,15-/m0/s1. The van der Waals surface area contributed by atoms with E-state index in [9.17, 15) is 9.90 Å². The minimum absolute atomic E-state index is 0.171. The molecule has 3 rings (SSSR count). The second-order valence-electron chi connectivity index (χ2n) is 6.98. The molecule has 3 aliphatic rings. The SMILES string of the molecule is CC1=CC(=O)[C@@H](O)[C@]2(CO2)[C@@H]2CC(C)(C)[C@H]2CC1. The van der Waals surface area contributed by atoms with Crippen LogP contribution in [-0.2, 0) is 9.53 Å². The monoisotopic (exact) mass is 250 g/mol. The van der Waals surface area contributed by atoms with Gasteiger partial charge >= 0.3 is 0 Å². The Kier molecular flexibility index (Phi) is 2.52. The second kappa shape index (κ2) is 3.67. The normalized spacial score (nSPS) is 46.3. The van der Waals surface area contributed by atoms with Crippen LogP contribution in [0.15, 0.2) is 11.6 Å². The van der Waals surface area contributed by atoms with E-state index in [1.54, 1.807) is 6.08 Å². The van der Waals surface area contributed by atoms with Gasteiger partial charge in [-0.05, 0) is 49.5 Å². The number of ketones is 1. The van der Waals surface area contributed by atoms with Crippen LogP contribution in [0.4, 0.5) is 0 Å². The van der Waals surface area contributed by atoms with Gasteiger partial charge in [-0.2, -0.15) is 0 Å². The predicted octanol–water partition coefficient (Wildman–Crippen LogP) is 2.09. The zero-order chi connectivity index (χ0) is 13.1. The molecular formula is C15H22O3. The molecule has 1 aliphatic heterocycles. The summed E-state index contributed by atoms with van der Waals surface area (Å²) in [5, 5.41) is 10.3. The molecule has 0 unspecified atom stereocenters. The number of carbonyl (C=O) groups excluding carboxylic acids is 1. The fourth-order valence-electron chi connectivity index (χ4n) is 4.03. The number of rotatable bonds is 0. The van der Waals surface area contributed by atoms with E-state index in [0.717, 1.165) is 24.8 Å². The van der Waals surface area contributed by atoms with Gasteiger partial charge in [0.05, 0.1) is 6.61 Å². The highest BCUT2D eigenvalue weighted by atomic mass is 16.6. The summed E-state index contributed by atoms with van der Waals surface area (Å²) in [4.78, 5) is 12.0. The molecule has 0 radical (unpaired) electrons. The van der Waals surface area contributed by atoms with Gasteiger partial charge in [-0.3, -0.25) is 4.79 Å². The van der Waals surface area contributed by atoms with Crippen molar-refractivity contribution in [2.75, 3.05) is 6.61 Å². The van der Waals surface area contributed by atoms with E-state index in [0.29, 0.717) is 23.9 Å². The summed E-state index contributed by atoms with van der Waals surface area (Å²) in [6.45, 7) is 7.10. The Bertz CT molecular complexity index is 417. The van der Waals surface area contributed by atoms with E-state index < -0.39 is 11.7 Å². The van der Waals surface area contributed by atoms with E-state index in [4.69, 9.17) is 4.74 Å². The number of hydrogen-bond donors (Lipinski definition) is 1. The first-order valence-corrected chi connectivity index (χ1v) is 6.90. The summed E-state index contributed by atoms with van der Waals surface area (Å²) in [6.07, 6.45) is 3.77. The molecule has 1 saturated carbocycles. The Hall–Kier alpha value is -0.670. The van der Waals surface area contributed by atoms with E-state index >= 15 is 0 Å². The Morgan fingerprint density at radius 2 is 2.06 bits per heavy atom. The molecule has 1 spiro atoms. The summed E-state index contributed by atoms with van der Waals surface area (Å²) in [6, 6.07) is 0. The highest BCUT2D eigenvalue weighted by molar-refractivity contribution is 5.95. The van der Waals surface area contributed by atoms with Gasteiger partial charge in [0.1, 0.15) is 11.7 Å². The van der Waals surface area contributed by atoms with E-state index in [1.165, 1.54) is 0 Å². The quantitative estimate of drug-likeness (QED) is 0.670. The first kappa shape index (κ1) is 12.4. The van der Waals surface area contributed by atoms with Gasteiger partial charge in [-0.25, -0.2) is 0 Å². The third-order valence-electron chi connectivity index (χ3n) is 5.31. The largest absolute Gasteiger partial charge is 0.382 e. The van der Waals surface area contributed by atoms with Crippen molar-refractivity contribution in [2.45, 2.75) is 51.7 Å². The maximum absolute atomic E-state index is 12.0. The number of ether oxygens (including phenoxy) is 1. The summed E-state index contributed by atoms with van der Waals surface area (Å²) in [7, 11) is 0. The molecule has 0 aromatic heterocycles. The van der Waals surface area contributed by atoms with Crippen molar-refractivity contribution in [2.24, 2.45) is 17.3 Å². The Morgan fingerprint density at radius 1 is 1.39 bits per heavy atom. The number of aliphatic hydroxyl groups is 1. The van der Waals surface area contributed by atoms with Crippen molar-refractivity contribution in [3.8, 4) is 0 Å². The molecule has 1 heterocycles. The van der Waals surface area contributed by atoms with E-state index in [2.05, 4.69) is 13.8 Å². The zero-order valence-corrected chi connectivity index (χ0v) is 11.4. The minimum Gasteiger partial charge on any atom is -0.382 e. The van der Waals surface area contributed by atoms with Gasteiger partial charge in [0, 0.05) is 0 Å². The molecule has 100 valence electrons. The third kappa shape index (κ3) is 1.60. The van der Waals surface area contributed by atoms with Gasteiger partial charge < -0.3 is 9.84 Å². The Labute approximate surface area is 108 Å². The summed E-state index contributed by atoms with van der Waals surface area (Å²) in [5.41, 5.74) is 0.841. The fraction of sp³-hybridized carbons (Fsp3) is 0.800. The lowest BCUT2D eigenvalue weighted by Gasteiger charge is -2.54. The van der Waals surface area contributed by atoms with Gasteiger partial charge in [0.2, 0.25) is 0 Å². The van der Waals surface area contributed by atoms with Crippen LogP contribution in [0.3, 0.4) is 0 Å². The van der Waals surface area contributed by atoms with Gasteiger partial charge in [0.25, 0.3) is 0 Å². The zero-order valence-electron chi connectivity index (χ0n) is 11.4. The maximum Gasteiger partial charge on any atom is 0.187 e. The first-order valence-electron chi connectivity index (χ1n) is 6.90. The van der Waals surface area contributed by atoms with Gasteiger partial charge in [-0.15, -0.1) is 0 Å². The average Bonchev–Trinajstić information content (AvgIpc) is 3.05. The molecule has 2 fully saturated rings. The molecule has 0 bridgehead atoms. The molecule has 1 N–H and O–H groups in total. The number of carbonyl (C=O) groups is 1. The minimum atomic E-state index is -0.964. The molecule has 0 aromatic rings. The number of hydrogen-bond acceptors (Lipinski definition) is 3. The topological polar surface area (TPSA) is 49.8 Å². The molecule has 1 saturated heterocycles. The third-order valence-corrected chi connectivity index (χ3v) is 5.31. The molecule has 3 nitrogen and oxygen atoms in total. The lowest BCUT2D eigenvalue weighted by molar-refractivity contribution is -0.136. The van der Waals surface area contributed by atoms with Crippen LogP contribution in [0.2, 0.25) is 0 Å². The highest BCUT2D eigenvalue weighted by Crippen LogP contribution is 2.62. The summed E-state index contributed by atoms with van der Waals surface area (Å²) >= 11 is 0. The molecule has 0 aromatic carbocycles.